The van der Waals surface area contributed by atoms with E-state index in [0.29, 0.717) is 17.9 Å². The van der Waals surface area contributed by atoms with Crippen molar-refractivity contribution in [2.24, 2.45) is 0 Å². The van der Waals surface area contributed by atoms with E-state index >= 15 is 0 Å². The van der Waals surface area contributed by atoms with E-state index in [1.54, 1.807) is 44.3 Å². The van der Waals surface area contributed by atoms with Gasteiger partial charge in [0, 0.05) is 23.6 Å². The van der Waals surface area contributed by atoms with Crippen LogP contribution in [0.5, 0.6) is 0 Å². The Morgan fingerprint density at radius 1 is 1.09 bits per heavy atom. The van der Waals surface area contributed by atoms with Gasteiger partial charge in [0.25, 0.3) is 0 Å². The largest absolute Gasteiger partial charge is 0.480 e. The molecule has 0 saturated carbocycles. The van der Waals surface area contributed by atoms with E-state index in [9.17, 15) is 23.1 Å². The molecule has 3 aromatic rings. The number of anilines is 3. The number of alkyl halides is 3. The highest BCUT2D eigenvalue weighted by molar-refractivity contribution is 5.82. The molecule has 2 aromatic heterocycles. The number of carboxylic acid groups (broad SMARTS) is 1. The van der Waals surface area contributed by atoms with E-state index in [4.69, 9.17) is 0 Å². The number of rotatable bonds is 7. The SMILES string of the molecule is CC[C@](C)(Nc1ccc(-c2cc(C)cc(Nc3nccc(C(F)(F)F)n3)c2)cn1)C(=O)O. The van der Waals surface area contributed by atoms with Crippen molar-refractivity contribution in [3.63, 3.8) is 0 Å². The summed E-state index contributed by atoms with van der Waals surface area (Å²) in [6, 6.07) is 9.67. The summed E-state index contributed by atoms with van der Waals surface area (Å²) in [5.41, 5.74) is 0.737. The lowest BCUT2D eigenvalue weighted by molar-refractivity contribution is -0.142. The molecule has 168 valence electrons. The Morgan fingerprint density at radius 2 is 1.84 bits per heavy atom. The van der Waals surface area contributed by atoms with E-state index in [1.807, 2.05) is 13.0 Å². The van der Waals surface area contributed by atoms with E-state index in [-0.39, 0.29) is 5.95 Å². The quantitative estimate of drug-likeness (QED) is 0.455. The smallest absolute Gasteiger partial charge is 0.433 e. The standard InChI is InChI=1S/C22H22F3N5O2/c1-4-21(3,19(31)32)30-18-6-5-14(12-27-18)15-9-13(2)10-16(11-15)28-20-26-8-7-17(29-20)22(23,24)25/h5-12H,4H2,1-3H3,(H,27,30)(H,31,32)(H,26,28,29)/t21-/m0/s1. The third-order valence-electron chi connectivity index (χ3n) is 4.96. The number of carboxylic acids is 1. The molecule has 0 amide bonds. The first-order valence-electron chi connectivity index (χ1n) is 9.77. The van der Waals surface area contributed by atoms with Crippen molar-refractivity contribution in [2.75, 3.05) is 10.6 Å². The molecule has 2 heterocycles. The lowest BCUT2D eigenvalue weighted by atomic mass is 9.99. The maximum absolute atomic E-state index is 12.9. The molecule has 1 atom stereocenters. The van der Waals surface area contributed by atoms with Gasteiger partial charge in [0.1, 0.15) is 17.1 Å². The molecule has 0 saturated heterocycles. The van der Waals surface area contributed by atoms with Gasteiger partial charge in [-0.15, -0.1) is 0 Å². The summed E-state index contributed by atoms with van der Waals surface area (Å²) in [5.74, 6) is -0.720. The zero-order chi connectivity index (χ0) is 23.5. The van der Waals surface area contributed by atoms with Crippen molar-refractivity contribution < 1.29 is 23.1 Å². The van der Waals surface area contributed by atoms with Crippen LogP contribution in [-0.2, 0) is 11.0 Å². The molecule has 0 fully saturated rings. The fraction of sp³-hybridized carbons (Fsp3) is 0.273. The minimum Gasteiger partial charge on any atom is -0.480 e. The lowest BCUT2D eigenvalue weighted by Gasteiger charge is -2.25. The summed E-state index contributed by atoms with van der Waals surface area (Å²) < 4.78 is 38.7. The van der Waals surface area contributed by atoms with E-state index in [2.05, 4.69) is 25.6 Å². The van der Waals surface area contributed by atoms with Crippen LogP contribution in [-0.4, -0.2) is 31.6 Å². The van der Waals surface area contributed by atoms with Crippen LogP contribution in [0.15, 0.2) is 48.8 Å². The summed E-state index contributed by atoms with van der Waals surface area (Å²) in [4.78, 5) is 23.2. The van der Waals surface area contributed by atoms with Crippen molar-refractivity contribution in [1.82, 2.24) is 15.0 Å². The number of aryl methyl sites for hydroxylation is 1. The van der Waals surface area contributed by atoms with E-state index in [0.717, 1.165) is 29.0 Å². The molecule has 0 bridgehead atoms. The maximum Gasteiger partial charge on any atom is 0.433 e. The zero-order valence-corrected chi connectivity index (χ0v) is 17.7. The number of pyridine rings is 1. The molecule has 0 aliphatic heterocycles. The predicted molar refractivity (Wildman–Crippen MR) is 115 cm³/mol. The average Bonchev–Trinajstić information content (AvgIpc) is 2.73. The van der Waals surface area contributed by atoms with Crippen molar-refractivity contribution in [1.29, 1.82) is 0 Å². The zero-order valence-electron chi connectivity index (χ0n) is 17.7. The maximum atomic E-state index is 12.9. The van der Waals surface area contributed by atoms with Gasteiger partial charge in [-0.05, 0) is 61.7 Å². The van der Waals surface area contributed by atoms with Gasteiger partial charge < -0.3 is 15.7 Å². The van der Waals surface area contributed by atoms with Crippen LogP contribution in [0.2, 0.25) is 0 Å². The summed E-state index contributed by atoms with van der Waals surface area (Å²) in [7, 11) is 0. The third kappa shape index (κ3) is 5.32. The van der Waals surface area contributed by atoms with Crippen LogP contribution in [0, 0.1) is 6.92 Å². The second-order valence-electron chi connectivity index (χ2n) is 7.52. The number of hydrogen-bond acceptors (Lipinski definition) is 6. The second-order valence-corrected chi connectivity index (χ2v) is 7.52. The number of nitrogens with zero attached hydrogens (tertiary/aromatic N) is 3. The Bertz CT molecular complexity index is 1120. The Morgan fingerprint density at radius 3 is 2.44 bits per heavy atom. The third-order valence-corrected chi connectivity index (χ3v) is 4.96. The highest BCUT2D eigenvalue weighted by Gasteiger charge is 2.33. The highest BCUT2D eigenvalue weighted by Crippen LogP contribution is 2.30. The van der Waals surface area contributed by atoms with Crippen LogP contribution in [0.25, 0.3) is 11.1 Å². The molecule has 0 spiro atoms. The normalized spacial score (nSPS) is 13.3. The molecule has 7 nitrogen and oxygen atoms in total. The Labute approximate surface area is 182 Å². The predicted octanol–water partition coefficient (Wildman–Crippen LogP) is 5.27. The van der Waals surface area contributed by atoms with Gasteiger partial charge in [-0.3, -0.25) is 0 Å². The number of hydrogen-bond donors (Lipinski definition) is 3. The van der Waals surface area contributed by atoms with Crippen LogP contribution < -0.4 is 10.6 Å². The van der Waals surface area contributed by atoms with Gasteiger partial charge in [-0.2, -0.15) is 13.2 Å². The van der Waals surface area contributed by atoms with Gasteiger partial charge >= 0.3 is 12.1 Å². The first-order chi connectivity index (χ1) is 15.0. The van der Waals surface area contributed by atoms with Crippen LogP contribution in [0.3, 0.4) is 0 Å². The molecule has 0 unspecified atom stereocenters. The Balaban J connectivity index is 1.84. The van der Waals surface area contributed by atoms with Crippen molar-refractivity contribution in [3.05, 3.63) is 60.0 Å². The van der Waals surface area contributed by atoms with Gasteiger partial charge in [-0.25, -0.2) is 19.7 Å². The summed E-state index contributed by atoms with van der Waals surface area (Å²) in [6.45, 7) is 5.20. The monoisotopic (exact) mass is 445 g/mol. The molecule has 10 heteroatoms. The number of nitrogens with one attached hydrogen (secondary N) is 2. The van der Waals surface area contributed by atoms with Crippen LogP contribution >= 0.6 is 0 Å². The molecule has 0 radical (unpaired) electrons. The second kappa shape index (κ2) is 8.81. The molecule has 0 aliphatic rings. The highest BCUT2D eigenvalue weighted by atomic mass is 19.4. The van der Waals surface area contributed by atoms with Gasteiger partial charge in [0.05, 0.1) is 0 Å². The van der Waals surface area contributed by atoms with E-state index in [1.165, 1.54) is 0 Å². The molecule has 3 N–H and O–H groups in total. The molecule has 0 aliphatic carbocycles. The first kappa shape index (κ1) is 23.0. The number of carbonyl (C=O) groups is 1. The van der Waals surface area contributed by atoms with Crippen LogP contribution in [0.1, 0.15) is 31.5 Å². The lowest BCUT2D eigenvalue weighted by Crippen LogP contribution is -2.42. The minimum atomic E-state index is -4.56. The number of benzene rings is 1. The molecule has 1 aromatic carbocycles. The van der Waals surface area contributed by atoms with Gasteiger partial charge in [0.15, 0.2) is 0 Å². The fourth-order valence-electron chi connectivity index (χ4n) is 2.94. The molecule has 3 rings (SSSR count). The fourth-order valence-corrected chi connectivity index (χ4v) is 2.94. The van der Waals surface area contributed by atoms with Gasteiger partial charge in [-0.1, -0.05) is 13.0 Å². The molecular weight excluding hydrogens is 423 g/mol. The van der Waals surface area contributed by atoms with Crippen molar-refractivity contribution in [3.8, 4) is 11.1 Å². The number of halogens is 3. The van der Waals surface area contributed by atoms with Crippen LogP contribution in [0.4, 0.5) is 30.6 Å². The first-order valence-corrected chi connectivity index (χ1v) is 9.77. The summed E-state index contributed by atoms with van der Waals surface area (Å²) in [6.07, 6.45) is -1.55. The number of aromatic nitrogens is 3. The minimum absolute atomic E-state index is 0.165. The number of aliphatic carboxylic acids is 1. The summed E-state index contributed by atoms with van der Waals surface area (Å²) >= 11 is 0. The van der Waals surface area contributed by atoms with Crippen molar-refractivity contribution >= 4 is 23.4 Å². The average molecular weight is 445 g/mol. The molecule has 32 heavy (non-hydrogen) atoms. The molecular formula is C22H22F3N5O2. The van der Waals surface area contributed by atoms with E-state index < -0.39 is 23.4 Å². The Kier molecular flexibility index (Phi) is 6.33. The van der Waals surface area contributed by atoms with Crippen molar-refractivity contribution in [2.45, 2.75) is 38.9 Å². The topological polar surface area (TPSA) is 100 Å². The summed E-state index contributed by atoms with van der Waals surface area (Å²) in [5, 5.41) is 15.1. The van der Waals surface area contributed by atoms with Gasteiger partial charge in [0.2, 0.25) is 5.95 Å². The Hall–Kier alpha value is -3.69.